The molecule has 0 saturated heterocycles. The average Bonchev–Trinajstić information content (AvgIpc) is 3.68. The van der Waals surface area contributed by atoms with Gasteiger partial charge in [-0.3, -0.25) is 9.79 Å². The summed E-state index contributed by atoms with van der Waals surface area (Å²) in [6.07, 6.45) is 7.75. The Hall–Kier alpha value is -3.32. The highest BCUT2D eigenvalue weighted by Gasteiger charge is 2.42. The monoisotopic (exact) mass is 613 g/mol. The largest absolute Gasteiger partial charge is 0.511 e. The third-order valence-electron chi connectivity index (χ3n) is 9.59. The lowest BCUT2D eigenvalue weighted by molar-refractivity contribution is -0.137. The fourth-order valence-electron chi connectivity index (χ4n) is 7.30. The summed E-state index contributed by atoms with van der Waals surface area (Å²) in [6.45, 7) is 12.8. The van der Waals surface area contributed by atoms with Crippen LogP contribution in [0.2, 0.25) is 0 Å². The van der Waals surface area contributed by atoms with Crippen molar-refractivity contribution in [3.63, 3.8) is 0 Å². The van der Waals surface area contributed by atoms with Gasteiger partial charge in [0.1, 0.15) is 5.76 Å². The van der Waals surface area contributed by atoms with Gasteiger partial charge < -0.3 is 10.2 Å². The number of rotatable bonds is 5. The highest BCUT2D eigenvalue weighted by Crippen LogP contribution is 2.51. The number of nitrogens with zero attached hydrogens (tertiary/aromatic N) is 3. The number of aliphatic carboxylic acids is 1. The summed E-state index contributed by atoms with van der Waals surface area (Å²) in [7, 11) is 0. The Morgan fingerprint density at radius 2 is 1.63 bits per heavy atom. The van der Waals surface area contributed by atoms with Gasteiger partial charge in [-0.15, -0.1) is 0 Å². The van der Waals surface area contributed by atoms with Gasteiger partial charge in [0, 0.05) is 36.0 Å². The lowest BCUT2D eigenvalue weighted by Crippen LogP contribution is -2.20. The van der Waals surface area contributed by atoms with E-state index in [9.17, 15) is 15.0 Å². The van der Waals surface area contributed by atoms with E-state index in [1.165, 1.54) is 16.7 Å². The molecule has 2 aliphatic carbocycles. The van der Waals surface area contributed by atoms with Gasteiger partial charge in [-0.2, -0.15) is 0 Å². The van der Waals surface area contributed by atoms with Crippen LogP contribution in [-0.2, 0) is 4.79 Å². The Kier molecular flexibility index (Phi) is 6.92. The third-order valence-corrected chi connectivity index (χ3v) is 10.4. The molecular weight excluding hydrogens is 578 g/mol. The first-order chi connectivity index (χ1) is 19.5. The fourth-order valence-corrected chi connectivity index (χ4v) is 8.13. The molecule has 2 atom stereocenters. The number of hydrogen-bond donors (Lipinski definition) is 2. The van der Waals surface area contributed by atoms with Crippen molar-refractivity contribution < 1.29 is 15.0 Å². The molecule has 0 radical (unpaired) electrons. The molecule has 7 heteroatoms. The molecule has 6 rings (SSSR count). The number of halogens is 1. The predicted octanol–water partition coefficient (Wildman–Crippen LogP) is 8.54. The number of carbonyl (C=O) groups is 1. The van der Waals surface area contributed by atoms with Crippen molar-refractivity contribution in [2.75, 3.05) is 0 Å². The molecule has 0 spiro atoms. The minimum absolute atomic E-state index is 0.00275. The Balaban J connectivity index is 1.63. The molecule has 0 fully saturated rings. The lowest BCUT2D eigenvalue weighted by atomic mass is 9.82. The van der Waals surface area contributed by atoms with Crippen LogP contribution in [0.3, 0.4) is 0 Å². The molecular formula is C34H36BrN3O3. The fraction of sp³-hybridized carbons (Fsp3) is 0.412. The van der Waals surface area contributed by atoms with Gasteiger partial charge in [0.2, 0.25) is 0 Å². The van der Waals surface area contributed by atoms with E-state index in [0.29, 0.717) is 25.0 Å². The van der Waals surface area contributed by atoms with Crippen LogP contribution in [0, 0.1) is 11.8 Å². The molecule has 2 N–H and O–H groups in total. The maximum absolute atomic E-state index is 11.7. The van der Waals surface area contributed by atoms with Crippen molar-refractivity contribution in [1.82, 2.24) is 0 Å². The van der Waals surface area contributed by atoms with E-state index in [0.717, 1.165) is 85.0 Å². The molecule has 0 amide bonds. The van der Waals surface area contributed by atoms with Crippen LogP contribution in [0.5, 0.6) is 0 Å². The van der Waals surface area contributed by atoms with Gasteiger partial charge in [-0.1, -0.05) is 20.8 Å². The van der Waals surface area contributed by atoms with Crippen molar-refractivity contribution in [3.05, 3.63) is 89.6 Å². The van der Waals surface area contributed by atoms with Gasteiger partial charge in [-0.25, -0.2) is 9.98 Å². The van der Waals surface area contributed by atoms with Gasteiger partial charge in [0.25, 0.3) is 0 Å². The quantitative estimate of drug-likeness (QED) is 0.325. The van der Waals surface area contributed by atoms with Crippen molar-refractivity contribution >= 4 is 39.0 Å². The lowest BCUT2D eigenvalue weighted by Gasteiger charge is -2.19. The maximum Gasteiger partial charge on any atom is 0.303 e. The number of aliphatic hydroxyl groups is 1. The molecule has 6 nitrogen and oxygen atoms in total. The summed E-state index contributed by atoms with van der Waals surface area (Å²) < 4.78 is 0.858. The van der Waals surface area contributed by atoms with Crippen molar-refractivity contribution in [1.29, 1.82) is 0 Å². The summed E-state index contributed by atoms with van der Waals surface area (Å²) in [5.74, 6) is -0.496. The van der Waals surface area contributed by atoms with Crippen LogP contribution >= 0.6 is 15.9 Å². The first-order valence-corrected chi connectivity index (χ1v) is 15.4. The third kappa shape index (κ3) is 4.27. The minimum atomic E-state index is -0.808. The van der Waals surface area contributed by atoms with Gasteiger partial charge in [-0.05, 0) is 119 Å². The van der Waals surface area contributed by atoms with E-state index < -0.39 is 5.97 Å². The predicted molar refractivity (Wildman–Crippen MR) is 169 cm³/mol. The SMILES string of the molecule is CCC1=C(C)C2=NC1=CC1=C(C)C3=C(O)CC(=C3C1)C1=NC(=C(Br)C3=NC(=C2)C(CC)=C3C)[C@@H](C)[C@@H]1CCC(=O)O. The van der Waals surface area contributed by atoms with Crippen LogP contribution in [0.15, 0.2) is 105 Å². The van der Waals surface area contributed by atoms with Crippen LogP contribution in [-0.4, -0.2) is 33.3 Å². The molecule has 8 bridgehead atoms. The van der Waals surface area contributed by atoms with Gasteiger partial charge >= 0.3 is 5.97 Å². The van der Waals surface area contributed by atoms with Crippen molar-refractivity contribution in [2.24, 2.45) is 26.8 Å². The van der Waals surface area contributed by atoms with E-state index in [4.69, 9.17) is 15.0 Å². The number of aliphatic imine (C=N–C) groups is 3. The van der Waals surface area contributed by atoms with Gasteiger partial charge in [0.05, 0.1) is 33.0 Å². The van der Waals surface area contributed by atoms with Gasteiger partial charge in [0.15, 0.2) is 0 Å². The maximum atomic E-state index is 11.7. The highest BCUT2D eigenvalue weighted by molar-refractivity contribution is 9.12. The number of aliphatic hydroxyl groups excluding tert-OH is 1. The summed E-state index contributed by atoms with van der Waals surface area (Å²) in [6, 6.07) is 0. The summed E-state index contributed by atoms with van der Waals surface area (Å²) in [5.41, 5.74) is 15.6. The second kappa shape index (κ2) is 10.2. The zero-order chi connectivity index (χ0) is 29.3. The van der Waals surface area contributed by atoms with Crippen LogP contribution in [0.4, 0.5) is 0 Å². The molecule has 6 aliphatic rings. The smallest absolute Gasteiger partial charge is 0.303 e. The Labute approximate surface area is 250 Å². The Morgan fingerprint density at radius 3 is 2.32 bits per heavy atom. The molecule has 0 aromatic rings. The van der Waals surface area contributed by atoms with Crippen LogP contribution in [0.1, 0.15) is 80.1 Å². The van der Waals surface area contributed by atoms with E-state index in [2.05, 4.69) is 69.6 Å². The van der Waals surface area contributed by atoms with E-state index in [1.807, 2.05) is 0 Å². The minimum Gasteiger partial charge on any atom is -0.511 e. The number of fused-ring (bicyclic) bond motifs is 5. The topological polar surface area (TPSA) is 94.6 Å². The standard InChI is InChI=1S/C34H36BrN3O3/c1-7-20-16(4)25-14-27-21(8-2)17(5)32(37-27)31(35)33-18(6)22(9-10-29(40)41)34(38-33)24-13-28(39)30-15(3)19(11-23(24)30)12-26(20)36-25/h12,14,18,22,39H,7-11,13H2,1-6H3,(H,40,41)/t18-,22-/m0/s1. The second-order valence-corrected chi connectivity index (χ2v) is 12.5. The zero-order valence-corrected chi connectivity index (χ0v) is 26.2. The molecule has 0 aromatic heterocycles. The zero-order valence-electron chi connectivity index (χ0n) is 24.6. The van der Waals surface area contributed by atoms with E-state index in [-0.39, 0.29) is 18.3 Å². The van der Waals surface area contributed by atoms with E-state index in [1.54, 1.807) is 0 Å². The summed E-state index contributed by atoms with van der Waals surface area (Å²) >= 11 is 3.91. The molecule has 4 heterocycles. The molecule has 0 aromatic carbocycles. The first kappa shape index (κ1) is 27.8. The summed E-state index contributed by atoms with van der Waals surface area (Å²) in [5, 5.41) is 20.8. The number of carboxylic acids is 1. The normalized spacial score (nSPS) is 25.6. The molecule has 4 aliphatic heterocycles. The number of carboxylic acid groups (broad SMARTS) is 1. The van der Waals surface area contributed by atoms with Crippen molar-refractivity contribution in [3.8, 4) is 0 Å². The number of hydrogen-bond acceptors (Lipinski definition) is 5. The van der Waals surface area contributed by atoms with Crippen LogP contribution < -0.4 is 0 Å². The molecule has 41 heavy (non-hydrogen) atoms. The van der Waals surface area contributed by atoms with Crippen molar-refractivity contribution in [2.45, 2.75) is 80.1 Å². The Morgan fingerprint density at radius 1 is 0.951 bits per heavy atom. The highest BCUT2D eigenvalue weighted by atomic mass is 79.9. The summed E-state index contributed by atoms with van der Waals surface area (Å²) in [4.78, 5) is 27.2. The molecule has 0 unspecified atom stereocenters. The second-order valence-electron chi connectivity index (χ2n) is 11.7. The molecule has 0 saturated carbocycles. The van der Waals surface area contributed by atoms with Crippen LogP contribution in [0.25, 0.3) is 0 Å². The average molecular weight is 615 g/mol. The molecule has 212 valence electrons. The first-order valence-electron chi connectivity index (χ1n) is 14.6. The Bertz CT molecular complexity index is 1680. The van der Waals surface area contributed by atoms with E-state index >= 15 is 0 Å². The number of allylic oxidation sites excluding steroid dienone is 13.